The van der Waals surface area contributed by atoms with Gasteiger partial charge in [-0.3, -0.25) is 4.79 Å². The second-order valence-electron chi connectivity index (χ2n) is 6.42. The van der Waals surface area contributed by atoms with Gasteiger partial charge in [-0.25, -0.2) is 0 Å². The lowest BCUT2D eigenvalue weighted by molar-refractivity contribution is -0.156. The number of nitrogens with one attached hydrogen (secondary N) is 1. The Labute approximate surface area is 111 Å². The van der Waals surface area contributed by atoms with Gasteiger partial charge in [0.2, 0.25) is 0 Å². The van der Waals surface area contributed by atoms with Crippen molar-refractivity contribution in [3.63, 3.8) is 0 Å². The molecule has 1 aliphatic carbocycles. The van der Waals surface area contributed by atoms with Crippen molar-refractivity contribution in [2.45, 2.75) is 65.0 Å². The molecule has 1 heterocycles. The zero-order chi connectivity index (χ0) is 13.1. The van der Waals surface area contributed by atoms with Crippen LogP contribution in [0.1, 0.15) is 52.9 Å². The molecule has 1 saturated heterocycles. The molecular weight excluding hydrogens is 226 g/mol. The van der Waals surface area contributed by atoms with Gasteiger partial charge in [-0.2, -0.15) is 0 Å². The molecule has 2 rings (SSSR count). The number of ether oxygens (including phenoxy) is 1. The smallest absolute Gasteiger partial charge is 0.323 e. The Hall–Kier alpha value is -0.570. The van der Waals surface area contributed by atoms with Crippen LogP contribution in [0.15, 0.2) is 0 Å². The van der Waals surface area contributed by atoms with Gasteiger partial charge in [0.1, 0.15) is 12.1 Å². The first-order valence-electron chi connectivity index (χ1n) is 7.51. The molecule has 4 atom stereocenters. The molecule has 0 bridgehead atoms. The molecule has 2 fully saturated rings. The fourth-order valence-electron chi connectivity index (χ4n) is 3.20. The molecule has 1 aliphatic heterocycles. The highest BCUT2D eigenvalue weighted by Crippen LogP contribution is 2.35. The van der Waals surface area contributed by atoms with Crippen LogP contribution in [0.2, 0.25) is 0 Å². The highest BCUT2D eigenvalue weighted by Gasteiger charge is 2.34. The SMILES string of the molecule is CC(C)C1CCC(C)C(OC(=O)C2CCCN2)C1. The maximum absolute atomic E-state index is 12.1. The lowest BCUT2D eigenvalue weighted by Crippen LogP contribution is -2.39. The largest absolute Gasteiger partial charge is 0.461 e. The highest BCUT2D eigenvalue weighted by molar-refractivity contribution is 5.76. The van der Waals surface area contributed by atoms with Gasteiger partial charge in [0, 0.05) is 0 Å². The molecule has 104 valence electrons. The van der Waals surface area contributed by atoms with E-state index in [9.17, 15) is 4.79 Å². The van der Waals surface area contributed by atoms with Crippen LogP contribution in [0.3, 0.4) is 0 Å². The fourth-order valence-corrected chi connectivity index (χ4v) is 3.20. The van der Waals surface area contributed by atoms with E-state index in [0.29, 0.717) is 11.8 Å². The topological polar surface area (TPSA) is 38.3 Å². The highest BCUT2D eigenvalue weighted by atomic mass is 16.5. The predicted molar refractivity (Wildman–Crippen MR) is 72.2 cm³/mol. The number of carbonyl (C=O) groups excluding carboxylic acids is 1. The van der Waals surface area contributed by atoms with Crippen molar-refractivity contribution in [1.82, 2.24) is 5.32 Å². The van der Waals surface area contributed by atoms with Gasteiger partial charge in [0.05, 0.1) is 0 Å². The van der Waals surface area contributed by atoms with Gasteiger partial charge < -0.3 is 10.1 Å². The van der Waals surface area contributed by atoms with Crippen LogP contribution < -0.4 is 5.32 Å². The zero-order valence-corrected chi connectivity index (χ0v) is 11.9. The predicted octanol–water partition coefficient (Wildman–Crippen LogP) is 2.74. The summed E-state index contributed by atoms with van der Waals surface area (Å²) in [6.45, 7) is 7.72. The van der Waals surface area contributed by atoms with Gasteiger partial charge in [0.25, 0.3) is 0 Å². The molecular formula is C15H27NO2. The minimum absolute atomic E-state index is 0.0197. The van der Waals surface area contributed by atoms with Crippen molar-refractivity contribution >= 4 is 5.97 Å². The van der Waals surface area contributed by atoms with Crippen molar-refractivity contribution in [2.24, 2.45) is 17.8 Å². The summed E-state index contributed by atoms with van der Waals surface area (Å²) in [6.07, 6.45) is 5.70. The molecule has 0 radical (unpaired) electrons. The quantitative estimate of drug-likeness (QED) is 0.786. The summed E-state index contributed by atoms with van der Waals surface area (Å²) in [7, 11) is 0. The van der Waals surface area contributed by atoms with Crippen molar-refractivity contribution in [3.8, 4) is 0 Å². The Morgan fingerprint density at radius 3 is 2.67 bits per heavy atom. The first-order valence-corrected chi connectivity index (χ1v) is 7.51. The van der Waals surface area contributed by atoms with Crippen LogP contribution in [0.5, 0.6) is 0 Å². The van der Waals surface area contributed by atoms with Gasteiger partial charge in [-0.05, 0) is 56.4 Å². The Balaban J connectivity index is 1.87. The number of hydrogen-bond acceptors (Lipinski definition) is 3. The summed E-state index contributed by atoms with van der Waals surface area (Å²) in [6, 6.07) is -0.0448. The Kier molecular flexibility index (Phi) is 4.66. The van der Waals surface area contributed by atoms with E-state index in [1.165, 1.54) is 12.8 Å². The monoisotopic (exact) mass is 253 g/mol. The summed E-state index contributed by atoms with van der Waals surface area (Å²) < 4.78 is 5.77. The normalized spacial score (nSPS) is 36.9. The van der Waals surface area contributed by atoms with E-state index in [4.69, 9.17) is 4.74 Å². The molecule has 18 heavy (non-hydrogen) atoms. The summed E-state index contributed by atoms with van der Waals surface area (Å²) >= 11 is 0. The lowest BCUT2D eigenvalue weighted by Gasteiger charge is -2.36. The van der Waals surface area contributed by atoms with Crippen LogP contribution in [0.25, 0.3) is 0 Å². The maximum atomic E-state index is 12.1. The molecule has 1 saturated carbocycles. The zero-order valence-electron chi connectivity index (χ0n) is 11.9. The van der Waals surface area contributed by atoms with Crippen molar-refractivity contribution in [1.29, 1.82) is 0 Å². The molecule has 0 amide bonds. The van der Waals surface area contributed by atoms with E-state index in [1.54, 1.807) is 0 Å². The first-order chi connectivity index (χ1) is 8.58. The molecule has 1 N–H and O–H groups in total. The van der Waals surface area contributed by atoms with Crippen LogP contribution in [-0.4, -0.2) is 24.7 Å². The molecule has 0 aromatic rings. The van der Waals surface area contributed by atoms with Crippen molar-refractivity contribution in [2.75, 3.05) is 6.54 Å². The molecule has 3 nitrogen and oxygen atoms in total. The molecule has 0 spiro atoms. The van der Waals surface area contributed by atoms with Crippen molar-refractivity contribution in [3.05, 3.63) is 0 Å². The van der Waals surface area contributed by atoms with E-state index >= 15 is 0 Å². The Bertz CT molecular complexity index is 284. The minimum atomic E-state index is -0.0448. The number of esters is 1. The van der Waals surface area contributed by atoms with Crippen molar-refractivity contribution < 1.29 is 9.53 Å². The second kappa shape index (κ2) is 6.05. The van der Waals surface area contributed by atoms with Gasteiger partial charge >= 0.3 is 5.97 Å². The molecule has 3 heteroatoms. The van der Waals surface area contributed by atoms with E-state index < -0.39 is 0 Å². The average Bonchev–Trinajstić information content (AvgIpc) is 2.85. The molecule has 4 unspecified atom stereocenters. The fraction of sp³-hybridized carbons (Fsp3) is 0.933. The van der Waals surface area contributed by atoms with Crippen LogP contribution in [0.4, 0.5) is 0 Å². The van der Waals surface area contributed by atoms with E-state index in [-0.39, 0.29) is 18.1 Å². The summed E-state index contributed by atoms with van der Waals surface area (Å²) in [4.78, 5) is 12.1. The van der Waals surface area contributed by atoms with Gasteiger partial charge in [0.15, 0.2) is 0 Å². The lowest BCUT2D eigenvalue weighted by atomic mass is 9.76. The number of carbonyl (C=O) groups is 1. The number of hydrogen-bond donors (Lipinski definition) is 1. The Morgan fingerprint density at radius 1 is 1.28 bits per heavy atom. The van der Waals surface area contributed by atoms with E-state index in [0.717, 1.165) is 31.7 Å². The third-order valence-corrected chi connectivity index (χ3v) is 4.72. The average molecular weight is 253 g/mol. The molecule has 2 aliphatic rings. The third-order valence-electron chi connectivity index (χ3n) is 4.72. The van der Waals surface area contributed by atoms with Gasteiger partial charge in [-0.15, -0.1) is 0 Å². The standard InChI is InChI=1S/C15H27NO2/c1-10(2)12-7-6-11(3)14(9-12)18-15(17)13-5-4-8-16-13/h10-14,16H,4-9H2,1-3H3. The first kappa shape index (κ1) is 13.9. The minimum Gasteiger partial charge on any atom is -0.461 e. The molecule has 0 aromatic heterocycles. The van der Waals surface area contributed by atoms with E-state index in [1.807, 2.05) is 0 Å². The number of rotatable bonds is 3. The second-order valence-corrected chi connectivity index (χ2v) is 6.42. The third kappa shape index (κ3) is 3.25. The van der Waals surface area contributed by atoms with E-state index in [2.05, 4.69) is 26.1 Å². The van der Waals surface area contributed by atoms with Crippen LogP contribution >= 0.6 is 0 Å². The molecule has 0 aromatic carbocycles. The van der Waals surface area contributed by atoms with Crippen LogP contribution in [0, 0.1) is 17.8 Å². The summed E-state index contributed by atoms with van der Waals surface area (Å²) in [5, 5.41) is 3.22. The Morgan fingerprint density at radius 2 is 2.06 bits per heavy atom. The van der Waals surface area contributed by atoms with Crippen LogP contribution in [-0.2, 0) is 9.53 Å². The van der Waals surface area contributed by atoms with Gasteiger partial charge in [-0.1, -0.05) is 20.8 Å². The summed E-state index contributed by atoms with van der Waals surface area (Å²) in [5.74, 6) is 1.91. The maximum Gasteiger partial charge on any atom is 0.323 e. The summed E-state index contributed by atoms with van der Waals surface area (Å²) in [5.41, 5.74) is 0.